The zero-order valence-electron chi connectivity index (χ0n) is 13.5. The monoisotopic (exact) mass is 401 g/mol. The first kappa shape index (κ1) is 17.1. The van der Waals surface area contributed by atoms with E-state index in [-0.39, 0.29) is 12.5 Å². The Labute approximate surface area is 153 Å². The summed E-state index contributed by atoms with van der Waals surface area (Å²) in [6.45, 7) is 0.441. The van der Waals surface area contributed by atoms with E-state index < -0.39 is 0 Å². The number of hydrogen-bond donors (Lipinski definition) is 1. The fourth-order valence-corrected chi connectivity index (χ4v) is 2.42. The normalized spacial score (nSPS) is 10.5. The van der Waals surface area contributed by atoms with Crippen molar-refractivity contribution in [2.45, 2.75) is 13.1 Å². The Hall–Kier alpha value is -2.74. The Morgan fingerprint density at radius 1 is 1.16 bits per heavy atom. The zero-order chi connectivity index (χ0) is 17.6. The first-order valence-corrected chi connectivity index (χ1v) is 8.37. The predicted molar refractivity (Wildman–Crippen MR) is 95.8 cm³/mol. The van der Waals surface area contributed by atoms with Crippen molar-refractivity contribution < 1.29 is 9.53 Å². The molecule has 0 atom stereocenters. The van der Waals surface area contributed by atoms with E-state index in [9.17, 15) is 4.79 Å². The van der Waals surface area contributed by atoms with E-state index in [2.05, 4.69) is 36.7 Å². The first-order valence-electron chi connectivity index (χ1n) is 7.57. The summed E-state index contributed by atoms with van der Waals surface area (Å²) < 4.78 is 6.08. The van der Waals surface area contributed by atoms with Crippen LogP contribution >= 0.6 is 15.9 Å². The van der Waals surface area contributed by atoms with Crippen molar-refractivity contribution in [1.82, 2.24) is 25.5 Å². The molecule has 0 saturated heterocycles. The van der Waals surface area contributed by atoms with Gasteiger partial charge in [-0.15, -0.1) is 10.2 Å². The molecule has 3 rings (SSSR count). The Bertz CT molecular complexity index is 846. The summed E-state index contributed by atoms with van der Waals surface area (Å²) in [5, 5.41) is 15.0. The second kappa shape index (κ2) is 7.89. The van der Waals surface area contributed by atoms with Crippen LogP contribution in [0.15, 0.2) is 53.0 Å². The van der Waals surface area contributed by atoms with Crippen LogP contribution in [-0.2, 0) is 17.9 Å². The quantitative estimate of drug-likeness (QED) is 0.685. The van der Waals surface area contributed by atoms with E-state index >= 15 is 0 Å². The van der Waals surface area contributed by atoms with Crippen LogP contribution in [0.1, 0.15) is 5.56 Å². The van der Waals surface area contributed by atoms with Gasteiger partial charge in [0.05, 0.1) is 7.11 Å². The van der Waals surface area contributed by atoms with Crippen molar-refractivity contribution in [3.63, 3.8) is 0 Å². The number of tetrazole rings is 1. The lowest BCUT2D eigenvalue weighted by atomic mass is 10.2. The van der Waals surface area contributed by atoms with Gasteiger partial charge in [-0.05, 0) is 47.2 Å². The van der Waals surface area contributed by atoms with Crippen LogP contribution < -0.4 is 10.1 Å². The van der Waals surface area contributed by atoms with Gasteiger partial charge in [-0.3, -0.25) is 4.79 Å². The number of rotatable bonds is 6. The van der Waals surface area contributed by atoms with Crippen LogP contribution in [0.5, 0.6) is 5.75 Å². The molecular weight excluding hydrogens is 386 g/mol. The number of ether oxygens (including phenoxy) is 1. The summed E-state index contributed by atoms with van der Waals surface area (Å²) in [5.74, 6) is 1.08. The molecule has 0 bridgehead atoms. The molecule has 1 N–H and O–H groups in total. The summed E-state index contributed by atoms with van der Waals surface area (Å²) >= 11 is 3.38. The summed E-state index contributed by atoms with van der Waals surface area (Å²) in [6, 6.07) is 15.1. The Balaban J connectivity index is 1.55. The molecule has 1 heterocycles. The van der Waals surface area contributed by atoms with Gasteiger partial charge in [-0.25, -0.2) is 0 Å². The molecule has 0 unspecified atom stereocenters. The number of carbonyl (C=O) groups excluding carboxylic acids is 1. The van der Waals surface area contributed by atoms with Gasteiger partial charge in [0.2, 0.25) is 11.7 Å². The molecule has 0 fully saturated rings. The highest BCUT2D eigenvalue weighted by atomic mass is 79.9. The third-order valence-electron chi connectivity index (χ3n) is 3.49. The summed E-state index contributed by atoms with van der Waals surface area (Å²) in [7, 11) is 1.62. The maximum atomic E-state index is 12.0. The second-order valence-corrected chi connectivity index (χ2v) is 6.19. The molecule has 8 heteroatoms. The average Bonchev–Trinajstić information content (AvgIpc) is 3.09. The Kier molecular flexibility index (Phi) is 5.39. The lowest BCUT2D eigenvalue weighted by Crippen LogP contribution is -2.28. The highest BCUT2D eigenvalue weighted by Crippen LogP contribution is 2.17. The number of methoxy groups -OCH3 is 1. The fourth-order valence-electron chi connectivity index (χ4n) is 2.15. The van der Waals surface area contributed by atoms with Gasteiger partial charge in [0.25, 0.3) is 0 Å². The number of nitrogens with zero attached hydrogens (tertiary/aromatic N) is 4. The van der Waals surface area contributed by atoms with Crippen LogP contribution in [0.2, 0.25) is 0 Å². The number of carbonyl (C=O) groups is 1. The van der Waals surface area contributed by atoms with Crippen molar-refractivity contribution in [3.05, 3.63) is 58.6 Å². The molecule has 0 radical (unpaired) electrons. The Morgan fingerprint density at radius 2 is 1.88 bits per heavy atom. The van der Waals surface area contributed by atoms with Crippen molar-refractivity contribution >= 4 is 21.8 Å². The van der Waals surface area contributed by atoms with E-state index in [1.165, 1.54) is 4.80 Å². The van der Waals surface area contributed by atoms with E-state index in [0.717, 1.165) is 21.3 Å². The Morgan fingerprint density at radius 3 is 2.56 bits per heavy atom. The number of halogens is 1. The molecule has 0 spiro atoms. The zero-order valence-corrected chi connectivity index (χ0v) is 15.1. The second-order valence-electron chi connectivity index (χ2n) is 5.28. The lowest BCUT2D eigenvalue weighted by molar-refractivity contribution is -0.122. The van der Waals surface area contributed by atoms with Crippen LogP contribution in [0.3, 0.4) is 0 Å². The maximum Gasteiger partial charge on any atom is 0.243 e. The summed E-state index contributed by atoms with van der Waals surface area (Å²) in [5.41, 5.74) is 1.82. The van der Waals surface area contributed by atoms with Gasteiger partial charge >= 0.3 is 0 Å². The van der Waals surface area contributed by atoms with Crippen molar-refractivity contribution in [2.75, 3.05) is 7.11 Å². The molecule has 0 aliphatic rings. The van der Waals surface area contributed by atoms with Gasteiger partial charge in [-0.2, -0.15) is 4.80 Å². The topological polar surface area (TPSA) is 81.9 Å². The van der Waals surface area contributed by atoms with Gasteiger partial charge in [-0.1, -0.05) is 28.1 Å². The molecule has 7 nitrogen and oxygen atoms in total. The average molecular weight is 402 g/mol. The molecule has 2 aromatic carbocycles. The largest absolute Gasteiger partial charge is 0.497 e. The van der Waals surface area contributed by atoms with Crippen molar-refractivity contribution in [1.29, 1.82) is 0 Å². The van der Waals surface area contributed by atoms with Gasteiger partial charge in [0.15, 0.2) is 0 Å². The minimum atomic E-state index is -0.185. The molecule has 0 aliphatic heterocycles. The number of hydrogen-bond acceptors (Lipinski definition) is 5. The smallest absolute Gasteiger partial charge is 0.243 e. The van der Waals surface area contributed by atoms with Crippen LogP contribution in [-0.4, -0.2) is 33.2 Å². The highest BCUT2D eigenvalue weighted by Gasteiger charge is 2.09. The first-order chi connectivity index (χ1) is 12.1. The van der Waals surface area contributed by atoms with E-state index in [1.54, 1.807) is 7.11 Å². The maximum absolute atomic E-state index is 12.0. The molecule has 0 aliphatic carbocycles. The molecule has 1 amide bonds. The van der Waals surface area contributed by atoms with E-state index in [0.29, 0.717) is 12.4 Å². The third kappa shape index (κ3) is 4.63. The predicted octanol–water partition coefficient (Wildman–Crippen LogP) is 2.43. The highest BCUT2D eigenvalue weighted by molar-refractivity contribution is 9.10. The number of benzene rings is 2. The molecule has 128 valence electrons. The molecular formula is C17H16BrN5O2. The standard InChI is InChI=1S/C17H16BrN5O2/c1-25-15-8-2-12(3-9-15)10-19-16(24)11-23-21-17(20-22-23)13-4-6-14(18)7-5-13/h2-9H,10-11H2,1H3,(H,19,24). The minimum absolute atomic E-state index is 0.0136. The van der Waals surface area contributed by atoms with Crippen LogP contribution in [0.25, 0.3) is 11.4 Å². The molecule has 25 heavy (non-hydrogen) atoms. The molecule has 3 aromatic rings. The van der Waals surface area contributed by atoms with Crippen LogP contribution in [0, 0.1) is 0 Å². The number of aromatic nitrogens is 4. The third-order valence-corrected chi connectivity index (χ3v) is 4.02. The minimum Gasteiger partial charge on any atom is -0.497 e. The van der Waals surface area contributed by atoms with Crippen molar-refractivity contribution in [3.8, 4) is 17.1 Å². The lowest BCUT2D eigenvalue weighted by Gasteiger charge is -2.05. The molecule has 1 aromatic heterocycles. The van der Waals surface area contributed by atoms with Gasteiger partial charge in [0.1, 0.15) is 12.3 Å². The van der Waals surface area contributed by atoms with Crippen LogP contribution in [0.4, 0.5) is 0 Å². The fraction of sp³-hybridized carbons (Fsp3) is 0.176. The van der Waals surface area contributed by atoms with Crippen molar-refractivity contribution in [2.24, 2.45) is 0 Å². The number of nitrogens with one attached hydrogen (secondary N) is 1. The number of amides is 1. The van der Waals surface area contributed by atoms with Gasteiger partial charge in [0, 0.05) is 16.6 Å². The summed E-state index contributed by atoms with van der Waals surface area (Å²) in [4.78, 5) is 13.3. The van der Waals surface area contributed by atoms with E-state index in [4.69, 9.17) is 4.74 Å². The SMILES string of the molecule is COc1ccc(CNC(=O)Cn2nnc(-c3ccc(Br)cc3)n2)cc1. The van der Waals surface area contributed by atoms with Gasteiger partial charge < -0.3 is 10.1 Å². The van der Waals surface area contributed by atoms with E-state index in [1.807, 2.05) is 48.5 Å². The molecule has 0 saturated carbocycles. The summed E-state index contributed by atoms with van der Waals surface area (Å²) in [6.07, 6.45) is 0.